The Morgan fingerprint density at radius 3 is 2.25 bits per heavy atom. The molecule has 0 aromatic heterocycles. The smallest absolute Gasteiger partial charge is 0.151 e. The van der Waals surface area contributed by atoms with Crippen LogP contribution in [-0.2, 0) is 0 Å². The highest BCUT2D eigenvalue weighted by Crippen LogP contribution is 2.36. The summed E-state index contributed by atoms with van der Waals surface area (Å²) in [6.07, 6.45) is 0.727. The molecule has 0 radical (unpaired) electrons. The van der Waals surface area contributed by atoms with Gasteiger partial charge in [-0.25, -0.2) is 0 Å². The maximum atomic E-state index is 10.8. The normalized spacial score (nSPS) is 10.1. The molecule has 80 valence electrons. The van der Waals surface area contributed by atoms with E-state index < -0.39 is 0 Å². The number of carbonyl (C=O) groups is 1. The summed E-state index contributed by atoms with van der Waals surface area (Å²) in [5.74, 6) is 0. The first kappa shape index (κ1) is 11.2. The zero-order valence-electron chi connectivity index (χ0n) is 8.28. The highest BCUT2D eigenvalue weighted by Gasteiger charge is 2.11. The third-order valence-electron chi connectivity index (χ3n) is 2.31. The van der Waals surface area contributed by atoms with E-state index in [1.54, 1.807) is 12.1 Å². The maximum absolute atomic E-state index is 10.8. The number of halogens is 2. The average molecular weight is 251 g/mol. The Hall–Kier alpha value is -1.31. The van der Waals surface area contributed by atoms with Crippen LogP contribution in [0.3, 0.4) is 0 Å². The first-order chi connectivity index (χ1) is 7.74. The Bertz CT molecular complexity index is 521. The lowest BCUT2D eigenvalue weighted by molar-refractivity contribution is 0.112. The zero-order chi connectivity index (χ0) is 11.5. The van der Waals surface area contributed by atoms with Crippen LogP contribution in [0.25, 0.3) is 11.1 Å². The fraction of sp³-hybridized carbons (Fsp3) is 0. The van der Waals surface area contributed by atoms with Gasteiger partial charge in [0.15, 0.2) is 6.29 Å². The summed E-state index contributed by atoms with van der Waals surface area (Å²) in [6.45, 7) is 0. The van der Waals surface area contributed by atoms with E-state index in [4.69, 9.17) is 23.2 Å². The third kappa shape index (κ3) is 1.97. The Labute approximate surface area is 104 Å². The van der Waals surface area contributed by atoms with Gasteiger partial charge in [-0.1, -0.05) is 53.5 Å². The number of hydrogen-bond acceptors (Lipinski definition) is 1. The van der Waals surface area contributed by atoms with Crippen molar-refractivity contribution in [2.45, 2.75) is 0 Å². The molecule has 0 atom stereocenters. The zero-order valence-corrected chi connectivity index (χ0v) is 9.79. The molecule has 16 heavy (non-hydrogen) atoms. The van der Waals surface area contributed by atoms with Crippen molar-refractivity contribution in [2.75, 3.05) is 0 Å². The van der Waals surface area contributed by atoms with Crippen LogP contribution in [0.1, 0.15) is 10.4 Å². The van der Waals surface area contributed by atoms with Crippen molar-refractivity contribution in [1.29, 1.82) is 0 Å². The van der Waals surface area contributed by atoms with E-state index in [0.717, 1.165) is 11.8 Å². The second-order valence-corrected chi connectivity index (χ2v) is 4.09. The molecule has 0 spiro atoms. The van der Waals surface area contributed by atoms with Crippen LogP contribution >= 0.6 is 23.2 Å². The van der Waals surface area contributed by atoms with Gasteiger partial charge in [0.05, 0.1) is 5.02 Å². The summed E-state index contributed by atoms with van der Waals surface area (Å²) in [5.41, 5.74) is 2.06. The molecular formula is C13H8Cl2O. The molecule has 0 aliphatic carbocycles. The Balaban J connectivity index is 2.69. The van der Waals surface area contributed by atoms with Gasteiger partial charge in [-0.05, 0) is 17.7 Å². The minimum atomic E-state index is 0.397. The van der Waals surface area contributed by atoms with E-state index in [1.807, 2.05) is 30.3 Å². The Kier molecular flexibility index (Phi) is 3.28. The topological polar surface area (TPSA) is 17.1 Å². The molecule has 0 N–H and O–H groups in total. The van der Waals surface area contributed by atoms with Crippen molar-refractivity contribution in [3.8, 4) is 11.1 Å². The first-order valence-electron chi connectivity index (χ1n) is 4.72. The van der Waals surface area contributed by atoms with Crippen molar-refractivity contribution >= 4 is 29.5 Å². The van der Waals surface area contributed by atoms with Crippen LogP contribution in [0.15, 0.2) is 42.5 Å². The van der Waals surface area contributed by atoms with E-state index in [2.05, 4.69) is 0 Å². The lowest BCUT2D eigenvalue weighted by atomic mass is 10.0. The van der Waals surface area contributed by atoms with Gasteiger partial charge >= 0.3 is 0 Å². The second kappa shape index (κ2) is 4.69. The van der Waals surface area contributed by atoms with Crippen molar-refractivity contribution < 1.29 is 4.79 Å². The molecule has 3 heteroatoms. The fourth-order valence-electron chi connectivity index (χ4n) is 1.53. The molecule has 0 bridgehead atoms. The molecule has 1 nitrogen and oxygen atoms in total. The maximum Gasteiger partial charge on any atom is 0.151 e. The van der Waals surface area contributed by atoms with E-state index >= 15 is 0 Å². The predicted octanol–water partition coefficient (Wildman–Crippen LogP) is 4.47. The summed E-state index contributed by atoms with van der Waals surface area (Å²) in [7, 11) is 0. The number of benzene rings is 2. The molecule has 0 heterocycles. The minimum Gasteiger partial charge on any atom is -0.298 e. The van der Waals surface area contributed by atoms with Crippen LogP contribution < -0.4 is 0 Å². The monoisotopic (exact) mass is 250 g/mol. The number of rotatable bonds is 2. The Morgan fingerprint density at radius 1 is 0.938 bits per heavy atom. The summed E-state index contributed by atoms with van der Waals surface area (Å²) in [6, 6.07) is 12.8. The van der Waals surface area contributed by atoms with Gasteiger partial charge in [-0.15, -0.1) is 0 Å². The summed E-state index contributed by atoms with van der Waals surface area (Å²) in [5, 5.41) is 0.940. The van der Waals surface area contributed by atoms with Gasteiger partial charge in [0.1, 0.15) is 0 Å². The molecule has 0 unspecified atom stereocenters. The SMILES string of the molecule is O=Cc1ccc(Cl)c(-c2ccccc2)c1Cl. The molecule has 2 rings (SSSR count). The van der Waals surface area contributed by atoms with Gasteiger partial charge in [-0.2, -0.15) is 0 Å². The molecular weight excluding hydrogens is 243 g/mol. The van der Waals surface area contributed by atoms with Crippen molar-refractivity contribution in [3.05, 3.63) is 58.1 Å². The lowest BCUT2D eigenvalue weighted by Crippen LogP contribution is -1.87. The molecule has 0 amide bonds. The van der Waals surface area contributed by atoms with E-state index in [1.165, 1.54) is 0 Å². The molecule has 0 fully saturated rings. The van der Waals surface area contributed by atoms with Crippen LogP contribution in [0, 0.1) is 0 Å². The quantitative estimate of drug-likeness (QED) is 0.719. The highest BCUT2D eigenvalue weighted by atomic mass is 35.5. The van der Waals surface area contributed by atoms with E-state index in [9.17, 15) is 4.79 Å². The van der Waals surface area contributed by atoms with Crippen LogP contribution in [0.2, 0.25) is 10.0 Å². The van der Waals surface area contributed by atoms with Gasteiger partial charge in [0.2, 0.25) is 0 Å². The second-order valence-electron chi connectivity index (χ2n) is 3.31. The van der Waals surface area contributed by atoms with Gasteiger partial charge in [0.25, 0.3) is 0 Å². The highest BCUT2D eigenvalue weighted by molar-refractivity contribution is 6.40. The lowest BCUT2D eigenvalue weighted by Gasteiger charge is -2.08. The largest absolute Gasteiger partial charge is 0.298 e. The van der Waals surface area contributed by atoms with Crippen LogP contribution in [-0.4, -0.2) is 6.29 Å². The van der Waals surface area contributed by atoms with Crippen LogP contribution in [0.4, 0.5) is 0 Å². The standard InChI is InChI=1S/C13H8Cl2O/c14-11-7-6-10(8-16)13(15)12(11)9-4-2-1-3-5-9/h1-8H. The van der Waals surface area contributed by atoms with E-state index in [-0.39, 0.29) is 0 Å². The van der Waals surface area contributed by atoms with Gasteiger partial charge in [-0.3, -0.25) is 4.79 Å². The number of hydrogen-bond donors (Lipinski definition) is 0. The number of aldehydes is 1. The Morgan fingerprint density at radius 2 is 1.62 bits per heavy atom. The summed E-state index contributed by atoms with van der Waals surface area (Å²) < 4.78 is 0. The molecule has 0 saturated carbocycles. The van der Waals surface area contributed by atoms with Crippen LogP contribution in [0.5, 0.6) is 0 Å². The summed E-state index contributed by atoms with van der Waals surface area (Å²) in [4.78, 5) is 10.8. The molecule has 0 aliphatic heterocycles. The molecule has 0 aliphatic rings. The van der Waals surface area contributed by atoms with Gasteiger partial charge in [0, 0.05) is 16.1 Å². The first-order valence-corrected chi connectivity index (χ1v) is 5.48. The molecule has 2 aromatic rings. The fourth-order valence-corrected chi connectivity index (χ4v) is 2.16. The number of carbonyl (C=O) groups excluding carboxylic acids is 1. The molecule has 0 saturated heterocycles. The molecule has 2 aromatic carbocycles. The summed E-state index contributed by atoms with van der Waals surface area (Å²) >= 11 is 12.2. The van der Waals surface area contributed by atoms with Crippen molar-refractivity contribution in [2.24, 2.45) is 0 Å². The van der Waals surface area contributed by atoms with E-state index in [0.29, 0.717) is 21.2 Å². The average Bonchev–Trinajstić information content (AvgIpc) is 2.31. The predicted molar refractivity (Wildman–Crippen MR) is 67.3 cm³/mol. The van der Waals surface area contributed by atoms with Crippen molar-refractivity contribution in [1.82, 2.24) is 0 Å². The third-order valence-corrected chi connectivity index (χ3v) is 3.03. The minimum absolute atomic E-state index is 0.397. The van der Waals surface area contributed by atoms with Gasteiger partial charge < -0.3 is 0 Å². The van der Waals surface area contributed by atoms with Crippen molar-refractivity contribution in [3.63, 3.8) is 0 Å².